The Balaban J connectivity index is 1.63. The molecule has 1 N–H and O–H groups in total. The molecule has 144 valence electrons. The van der Waals surface area contributed by atoms with E-state index in [1.54, 1.807) is 24.3 Å². The minimum atomic E-state index is -4.67. The van der Waals surface area contributed by atoms with Crippen molar-refractivity contribution in [3.63, 3.8) is 0 Å². The van der Waals surface area contributed by atoms with Crippen LogP contribution in [-0.4, -0.2) is 28.5 Å². The Kier molecular flexibility index (Phi) is 5.46. The predicted molar refractivity (Wildman–Crippen MR) is 94.9 cm³/mol. The highest BCUT2D eigenvalue weighted by Crippen LogP contribution is 2.36. The zero-order valence-corrected chi connectivity index (χ0v) is 14.7. The van der Waals surface area contributed by atoms with Gasteiger partial charge in [0, 0.05) is 5.69 Å². The van der Waals surface area contributed by atoms with Gasteiger partial charge in [-0.2, -0.15) is 13.2 Å². The number of para-hydroxylation sites is 2. The van der Waals surface area contributed by atoms with Crippen LogP contribution in [-0.2, 0) is 15.7 Å². The Hall–Kier alpha value is -3.20. The molecule has 1 heterocycles. The maximum absolute atomic E-state index is 12.8. The van der Waals surface area contributed by atoms with Crippen molar-refractivity contribution in [3.05, 3.63) is 64.9 Å². The number of benzene rings is 2. The van der Waals surface area contributed by atoms with Gasteiger partial charge in [-0.3, -0.25) is 9.78 Å². The molecule has 3 aromatic rings. The molecular formula is C18H11ClF3N3O3. The lowest BCUT2D eigenvalue weighted by Gasteiger charge is -2.12. The molecule has 3 rings (SSSR count). The molecule has 0 bridgehead atoms. The van der Waals surface area contributed by atoms with Crippen molar-refractivity contribution in [2.24, 2.45) is 0 Å². The second-order valence-electron chi connectivity index (χ2n) is 5.56. The van der Waals surface area contributed by atoms with Crippen LogP contribution in [0.5, 0.6) is 0 Å². The van der Waals surface area contributed by atoms with E-state index in [9.17, 15) is 22.8 Å². The van der Waals surface area contributed by atoms with E-state index in [1.165, 1.54) is 12.3 Å². The average Bonchev–Trinajstić information content (AvgIpc) is 2.66. The zero-order chi connectivity index (χ0) is 20.3. The predicted octanol–water partition coefficient (Wildman–Crippen LogP) is 4.10. The number of nitrogens with one attached hydrogen (secondary N) is 1. The molecule has 10 heteroatoms. The van der Waals surface area contributed by atoms with Gasteiger partial charge in [-0.25, -0.2) is 9.78 Å². The first-order chi connectivity index (χ1) is 13.2. The minimum absolute atomic E-state index is 0.0997. The van der Waals surface area contributed by atoms with Crippen molar-refractivity contribution in [2.45, 2.75) is 6.18 Å². The van der Waals surface area contributed by atoms with Gasteiger partial charge in [-0.1, -0.05) is 23.7 Å². The fourth-order valence-corrected chi connectivity index (χ4v) is 2.50. The van der Waals surface area contributed by atoms with E-state index in [0.717, 1.165) is 6.07 Å². The number of carbonyl (C=O) groups is 2. The second kappa shape index (κ2) is 7.81. The van der Waals surface area contributed by atoms with Crippen LogP contribution in [0.4, 0.5) is 18.9 Å². The summed E-state index contributed by atoms with van der Waals surface area (Å²) < 4.78 is 43.3. The number of aromatic nitrogens is 2. The molecule has 0 spiro atoms. The van der Waals surface area contributed by atoms with Crippen molar-refractivity contribution < 1.29 is 27.5 Å². The lowest BCUT2D eigenvalue weighted by molar-refractivity contribution is -0.137. The quantitative estimate of drug-likeness (QED) is 0.656. The number of hydrogen-bond acceptors (Lipinski definition) is 5. The van der Waals surface area contributed by atoms with Crippen LogP contribution in [0.3, 0.4) is 0 Å². The molecule has 0 radical (unpaired) electrons. The summed E-state index contributed by atoms with van der Waals surface area (Å²) >= 11 is 5.51. The molecule has 0 aliphatic heterocycles. The number of nitrogens with zero attached hydrogens (tertiary/aromatic N) is 2. The zero-order valence-electron chi connectivity index (χ0n) is 14.0. The first-order valence-electron chi connectivity index (χ1n) is 7.79. The first-order valence-corrected chi connectivity index (χ1v) is 8.17. The lowest BCUT2D eigenvalue weighted by atomic mass is 10.2. The van der Waals surface area contributed by atoms with Gasteiger partial charge in [-0.15, -0.1) is 0 Å². The van der Waals surface area contributed by atoms with Crippen LogP contribution in [0, 0.1) is 0 Å². The number of esters is 1. The molecule has 1 amide bonds. The summed E-state index contributed by atoms with van der Waals surface area (Å²) in [4.78, 5) is 32.0. The summed E-state index contributed by atoms with van der Waals surface area (Å²) in [5.41, 5.74) is -0.265. The highest BCUT2D eigenvalue weighted by atomic mass is 35.5. The van der Waals surface area contributed by atoms with Gasteiger partial charge in [0.15, 0.2) is 12.3 Å². The van der Waals surface area contributed by atoms with Crippen LogP contribution in [0.2, 0.25) is 5.02 Å². The Labute approximate surface area is 161 Å². The highest BCUT2D eigenvalue weighted by Gasteiger charge is 2.33. The molecule has 0 aliphatic carbocycles. The number of alkyl halides is 3. The van der Waals surface area contributed by atoms with E-state index >= 15 is 0 Å². The van der Waals surface area contributed by atoms with Gasteiger partial charge >= 0.3 is 12.1 Å². The molecule has 0 unspecified atom stereocenters. The van der Waals surface area contributed by atoms with Crippen molar-refractivity contribution in [3.8, 4) is 0 Å². The Morgan fingerprint density at radius 2 is 1.82 bits per heavy atom. The lowest BCUT2D eigenvalue weighted by Crippen LogP contribution is -2.21. The number of rotatable bonds is 4. The van der Waals surface area contributed by atoms with Gasteiger partial charge in [-0.05, 0) is 30.3 Å². The van der Waals surface area contributed by atoms with Crippen LogP contribution in [0.25, 0.3) is 11.0 Å². The van der Waals surface area contributed by atoms with Gasteiger partial charge in [0.1, 0.15) is 0 Å². The molecule has 0 fully saturated rings. The molecule has 1 aromatic heterocycles. The Morgan fingerprint density at radius 1 is 1.11 bits per heavy atom. The van der Waals surface area contributed by atoms with Crippen LogP contribution < -0.4 is 5.32 Å². The highest BCUT2D eigenvalue weighted by molar-refractivity contribution is 6.31. The summed E-state index contributed by atoms with van der Waals surface area (Å²) in [6, 6.07) is 9.76. The summed E-state index contributed by atoms with van der Waals surface area (Å²) in [7, 11) is 0. The summed E-state index contributed by atoms with van der Waals surface area (Å²) in [6.07, 6.45) is -3.46. The summed E-state index contributed by atoms with van der Waals surface area (Å²) in [6.45, 7) is -0.711. The molecule has 6 nitrogen and oxygen atoms in total. The maximum Gasteiger partial charge on any atom is 0.417 e. The molecule has 28 heavy (non-hydrogen) atoms. The van der Waals surface area contributed by atoms with E-state index in [1.807, 2.05) is 0 Å². The van der Waals surface area contributed by atoms with Gasteiger partial charge < -0.3 is 10.1 Å². The number of anilines is 1. The third-order valence-corrected chi connectivity index (χ3v) is 3.88. The van der Waals surface area contributed by atoms with Crippen molar-refractivity contribution in [2.75, 3.05) is 11.9 Å². The topological polar surface area (TPSA) is 81.2 Å². The van der Waals surface area contributed by atoms with E-state index in [0.29, 0.717) is 17.1 Å². The van der Waals surface area contributed by atoms with E-state index < -0.39 is 35.2 Å². The van der Waals surface area contributed by atoms with E-state index in [-0.39, 0.29) is 11.4 Å². The summed E-state index contributed by atoms with van der Waals surface area (Å²) in [5, 5.41) is 1.71. The van der Waals surface area contributed by atoms with Crippen molar-refractivity contribution in [1.82, 2.24) is 9.97 Å². The van der Waals surface area contributed by atoms with Gasteiger partial charge in [0.05, 0.1) is 27.8 Å². The third kappa shape index (κ3) is 4.55. The van der Waals surface area contributed by atoms with Crippen molar-refractivity contribution in [1.29, 1.82) is 0 Å². The largest absolute Gasteiger partial charge is 0.451 e. The van der Waals surface area contributed by atoms with Gasteiger partial charge in [0.25, 0.3) is 5.91 Å². The van der Waals surface area contributed by atoms with Crippen LogP contribution >= 0.6 is 11.6 Å². The van der Waals surface area contributed by atoms with Crippen molar-refractivity contribution >= 4 is 40.2 Å². The number of hydrogen-bond donors (Lipinski definition) is 1. The smallest absolute Gasteiger partial charge is 0.417 e. The molecule has 2 aromatic carbocycles. The number of ether oxygens (including phenoxy) is 1. The summed E-state index contributed by atoms with van der Waals surface area (Å²) in [5.74, 6) is -1.71. The fraction of sp³-hybridized carbons (Fsp3) is 0.111. The Bertz CT molecular complexity index is 1060. The second-order valence-corrected chi connectivity index (χ2v) is 5.97. The number of halogens is 4. The molecule has 0 saturated carbocycles. The third-order valence-electron chi connectivity index (χ3n) is 3.55. The van der Waals surface area contributed by atoms with E-state index in [4.69, 9.17) is 16.3 Å². The SMILES string of the molecule is O=C(COC(=O)c1cnc2ccccc2n1)Nc1ccc(Cl)c(C(F)(F)F)c1. The molecular weight excluding hydrogens is 399 g/mol. The van der Waals surface area contributed by atoms with Crippen LogP contribution in [0.1, 0.15) is 16.1 Å². The average molecular weight is 410 g/mol. The van der Waals surface area contributed by atoms with E-state index in [2.05, 4.69) is 15.3 Å². The molecule has 0 saturated heterocycles. The Morgan fingerprint density at radius 3 is 2.54 bits per heavy atom. The monoisotopic (exact) mass is 409 g/mol. The first kappa shape index (κ1) is 19.6. The number of amides is 1. The molecule has 0 aliphatic rings. The fourth-order valence-electron chi connectivity index (χ4n) is 2.28. The van der Waals surface area contributed by atoms with Gasteiger partial charge in [0.2, 0.25) is 0 Å². The van der Waals surface area contributed by atoms with Crippen LogP contribution in [0.15, 0.2) is 48.7 Å². The normalized spacial score (nSPS) is 11.3. The minimum Gasteiger partial charge on any atom is -0.451 e. The standard InChI is InChI=1S/C18H11ClF3N3O3/c19-12-6-5-10(7-11(12)18(20,21)22)24-16(26)9-28-17(27)15-8-23-13-3-1-2-4-14(13)25-15/h1-8H,9H2,(H,24,26). The number of fused-ring (bicyclic) bond motifs is 1. The number of carbonyl (C=O) groups excluding carboxylic acids is 2. The maximum atomic E-state index is 12.8. The molecule has 0 atom stereocenters.